The molecule has 0 radical (unpaired) electrons. The number of aryl methyl sites for hydroxylation is 1. The molecule has 0 heterocycles. The van der Waals surface area contributed by atoms with Crippen molar-refractivity contribution in [1.82, 2.24) is 0 Å². The molecule has 0 saturated heterocycles. The van der Waals surface area contributed by atoms with E-state index in [-0.39, 0.29) is 17.1 Å². The van der Waals surface area contributed by atoms with Gasteiger partial charge in [-0.1, -0.05) is 12.1 Å². The van der Waals surface area contributed by atoms with Gasteiger partial charge in [0.1, 0.15) is 0 Å². The highest BCUT2D eigenvalue weighted by Crippen LogP contribution is 2.19. The molecule has 0 aliphatic heterocycles. The minimum absolute atomic E-state index is 0.0535. The number of carboxylic acids is 1. The van der Waals surface area contributed by atoms with Gasteiger partial charge in [0.15, 0.2) is 0 Å². The number of carboxylic acid groups (broad SMARTS) is 1. The Hall–Kier alpha value is -2.10. The Labute approximate surface area is 106 Å². The third-order valence-corrected chi connectivity index (χ3v) is 3.08. The van der Waals surface area contributed by atoms with Crippen LogP contribution in [0.15, 0.2) is 29.3 Å². The summed E-state index contributed by atoms with van der Waals surface area (Å²) in [5.41, 5.74) is 3.02. The molecule has 1 aromatic carbocycles. The molecular weight excluding hydrogens is 230 g/mol. The fourth-order valence-electron chi connectivity index (χ4n) is 1.43. The van der Waals surface area contributed by atoms with Crippen molar-refractivity contribution in [1.29, 1.82) is 0 Å². The standard InChI is InChI=1S/C14H17NO3/c1-8-6-5-7-12(9(8)2)15-13(16)10(3)11(4)14(17)18/h5-7H,1-4H3,(H,15,16)(H,17,18)/b11-10-. The largest absolute Gasteiger partial charge is 0.478 e. The molecule has 0 saturated carbocycles. The maximum Gasteiger partial charge on any atom is 0.331 e. The van der Waals surface area contributed by atoms with E-state index in [1.807, 2.05) is 26.0 Å². The maximum absolute atomic E-state index is 11.9. The minimum Gasteiger partial charge on any atom is -0.478 e. The van der Waals surface area contributed by atoms with Gasteiger partial charge in [-0.15, -0.1) is 0 Å². The van der Waals surface area contributed by atoms with Gasteiger partial charge in [-0.25, -0.2) is 4.79 Å². The molecule has 0 aliphatic carbocycles. The normalized spacial score (nSPS) is 11.8. The Bertz CT molecular complexity index is 530. The third-order valence-electron chi connectivity index (χ3n) is 3.08. The fraction of sp³-hybridized carbons (Fsp3) is 0.286. The number of hydrogen-bond acceptors (Lipinski definition) is 2. The van der Waals surface area contributed by atoms with Crippen LogP contribution in [0.4, 0.5) is 5.69 Å². The molecular formula is C14H17NO3. The van der Waals surface area contributed by atoms with Crippen molar-refractivity contribution in [3.05, 3.63) is 40.5 Å². The molecule has 0 spiro atoms. The second kappa shape index (κ2) is 5.49. The zero-order chi connectivity index (χ0) is 13.9. The summed E-state index contributed by atoms with van der Waals surface area (Å²) in [6.45, 7) is 6.79. The molecule has 0 aliphatic rings. The number of carbonyl (C=O) groups is 2. The maximum atomic E-state index is 11.9. The van der Waals surface area contributed by atoms with Gasteiger partial charge in [0.05, 0.1) is 0 Å². The van der Waals surface area contributed by atoms with Crippen LogP contribution in [0.5, 0.6) is 0 Å². The summed E-state index contributed by atoms with van der Waals surface area (Å²) in [5, 5.41) is 11.6. The highest BCUT2D eigenvalue weighted by Gasteiger charge is 2.13. The molecule has 0 unspecified atom stereocenters. The predicted octanol–water partition coefficient (Wildman–Crippen LogP) is 2.66. The van der Waals surface area contributed by atoms with E-state index in [4.69, 9.17) is 5.11 Å². The average Bonchev–Trinajstić information content (AvgIpc) is 2.32. The molecule has 4 nitrogen and oxygen atoms in total. The zero-order valence-corrected chi connectivity index (χ0v) is 11.0. The lowest BCUT2D eigenvalue weighted by Crippen LogP contribution is -2.17. The van der Waals surface area contributed by atoms with Gasteiger partial charge >= 0.3 is 5.97 Å². The Balaban J connectivity index is 2.99. The van der Waals surface area contributed by atoms with Crippen LogP contribution in [0.25, 0.3) is 0 Å². The van der Waals surface area contributed by atoms with Crippen molar-refractivity contribution in [2.45, 2.75) is 27.7 Å². The van der Waals surface area contributed by atoms with Crippen LogP contribution >= 0.6 is 0 Å². The SMILES string of the molecule is C/C(C(=O)O)=C(\C)C(=O)Nc1cccc(C)c1C. The van der Waals surface area contributed by atoms with Gasteiger partial charge in [-0.3, -0.25) is 4.79 Å². The molecule has 1 amide bonds. The Kier molecular flexibility index (Phi) is 4.26. The highest BCUT2D eigenvalue weighted by atomic mass is 16.4. The minimum atomic E-state index is -1.08. The van der Waals surface area contributed by atoms with Gasteiger partial charge in [-0.05, 0) is 44.9 Å². The number of aliphatic carboxylic acids is 1. The molecule has 0 aromatic heterocycles. The molecule has 96 valence electrons. The molecule has 2 N–H and O–H groups in total. The lowest BCUT2D eigenvalue weighted by molar-refractivity contribution is -0.133. The van der Waals surface area contributed by atoms with Crippen molar-refractivity contribution in [3.63, 3.8) is 0 Å². The van der Waals surface area contributed by atoms with E-state index in [9.17, 15) is 9.59 Å². The smallest absolute Gasteiger partial charge is 0.331 e. The van der Waals surface area contributed by atoms with Crippen LogP contribution in [0.2, 0.25) is 0 Å². The predicted molar refractivity (Wildman–Crippen MR) is 70.6 cm³/mol. The van der Waals surface area contributed by atoms with Crippen LogP contribution in [-0.2, 0) is 9.59 Å². The van der Waals surface area contributed by atoms with Gasteiger partial charge < -0.3 is 10.4 Å². The molecule has 0 bridgehead atoms. The van der Waals surface area contributed by atoms with Crippen LogP contribution in [0.3, 0.4) is 0 Å². The van der Waals surface area contributed by atoms with Crippen LogP contribution in [0, 0.1) is 13.8 Å². The van der Waals surface area contributed by atoms with Gasteiger partial charge in [0, 0.05) is 16.8 Å². The van der Waals surface area contributed by atoms with E-state index in [0.29, 0.717) is 5.69 Å². The summed E-state index contributed by atoms with van der Waals surface area (Å²) in [7, 11) is 0. The number of carbonyl (C=O) groups excluding carboxylic acids is 1. The summed E-state index contributed by atoms with van der Waals surface area (Å²) in [6, 6.07) is 5.60. The second-order valence-corrected chi connectivity index (χ2v) is 4.26. The topological polar surface area (TPSA) is 66.4 Å². The second-order valence-electron chi connectivity index (χ2n) is 4.26. The van der Waals surface area contributed by atoms with E-state index >= 15 is 0 Å². The molecule has 1 rings (SSSR count). The van der Waals surface area contributed by atoms with Crippen LogP contribution < -0.4 is 5.32 Å². The van der Waals surface area contributed by atoms with Crippen molar-refractivity contribution in [2.75, 3.05) is 5.32 Å². The van der Waals surface area contributed by atoms with Crippen molar-refractivity contribution < 1.29 is 14.7 Å². The van der Waals surface area contributed by atoms with Crippen molar-refractivity contribution in [3.8, 4) is 0 Å². The summed E-state index contributed by atoms with van der Waals surface area (Å²) in [4.78, 5) is 22.7. The molecule has 4 heteroatoms. The summed E-state index contributed by atoms with van der Waals surface area (Å²) < 4.78 is 0. The van der Waals surface area contributed by atoms with E-state index in [1.165, 1.54) is 13.8 Å². The van der Waals surface area contributed by atoms with Crippen molar-refractivity contribution >= 4 is 17.6 Å². The monoisotopic (exact) mass is 247 g/mol. The molecule has 0 atom stereocenters. The number of nitrogens with one attached hydrogen (secondary N) is 1. The van der Waals surface area contributed by atoms with Gasteiger partial charge in [-0.2, -0.15) is 0 Å². The van der Waals surface area contributed by atoms with Crippen LogP contribution in [-0.4, -0.2) is 17.0 Å². The summed E-state index contributed by atoms with van der Waals surface area (Å²) in [6.07, 6.45) is 0. The number of rotatable bonds is 3. The van der Waals surface area contributed by atoms with E-state index in [2.05, 4.69) is 5.32 Å². The lowest BCUT2D eigenvalue weighted by atomic mass is 10.1. The van der Waals surface area contributed by atoms with Crippen molar-refractivity contribution in [2.24, 2.45) is 0 Å². The number of benzene rings is 1. The van der Waals surface area contributed by atoms with Gasteiger partial charge in [0.25, 0.3) is 5.91 Å². The lowest BCUT2D eigenvalue weighted by Gasteiger charge is -2.11. The quantitative estimate of drug-likeness (QED) is 0.807. The van der Waals surface area contributed by atoms with Gasteiger partial charge in [0.2, 0.25) is 0 Å². The van der Waals surface area contributed by atoms with E-state index in [1.54, 1.807) is 6.07 Å². The molecule has 1 aromatic rings. The zero-order valence-electron chi connectivity index (χ0n) is 11.0. The highest BCUT2D eigenvalue weighted by molar-refractivity contribution is 6.08. The Morgan fingerprint density at radius 1 is 1.11 bits per heavy atom. The fourth-order valence-corrected chi connectivity index (χ4v) is 1.43. The molecule has 0 fully saturated rings. The summed E-state index contributed by atoms with van der Waals surface area (Å²) in [5.74, 6) is -1.47. The van der Waals surface area contributed by atoms with E-state index in [0.717, 1.165) is 11.1 Å². The first-order valence-corrected chi connectivity index (χ1v) is 5.63. The first-order chi connectivity index (χ1) is 8.34. The Morgan fingerprint density at radius 3 is 2.28 bits per heavy atom. The number of amides is 1. The number of anilines is 1. The average molecular weight is 247 g/mol. The third kappa shape index (κ3) is 2.97. The Morgan fingerprint density at radius 2 is 1.72 bits per heavy atom. The first-order valence-electron chi connectivity index (χ1n) is 5.63. The summed E-state index contributed by atoms with van der Waals surface area (Å²) >= 11 is 0. The molecule has 18 heavy (non-hydrogen) atoms. The van der Waals surface area contributed by atoms with E-state index < -0.39 is 5.97 Å². The van der Waals surface area contributed by atoms with Crippen LogP contribution in [0.1, 0.15) is 25.0 Å². The number of hydrogen-bond donors (Lipinski definition) is 2. The first kappa shape index (κ1) is 14.0.